The van der Waals surface area contributed by atoms with Crippen LogP contribution in [0.2, 0.25) is 0 Å². The molecule has 1 aliphatic heterocycles. The van der Waals surface area contributed by atoms with Crippen molar-refractivity contribution in [1.82, 2.24) is 0 Å². The van der Waals surface area contributed by atoms with E-state index in [0.29, 0.717) is 25.0 Å². The molecule has 1 N–H and O–H groups in total. The van der Waals surface area contributed by atoms with Crippen LogP contribution in [0, 0.1) is 17.3 Å². The maximum atomic E-state index is 10.4. The molecule has 0 amide bonds. The normalized spacial score (nSPS) is 35.4. The number of rotatable bonds is 1. The van der Waals surface area contributed by atoms with Crippen molar-refractivity contribution in [3.8, 4) is 5.75 Å². The average Bonchev–Trinajstić information content (AvgIpc) is 3.17. The average molecular weight is 308 g/mol. The first kappa shape index (κ1) is 13.6. The Morgan fingerprint density at radius 2 is 1.83 bits per heavy atom. The summed E-state index contributed by atoms with van der Waals surface area (Å²) < 4.78 is 12.3. The molecule has 1 spiro atoms. The minimum atomic E-state index is -0.477. The third-order valence-electron chi connectivity index (χ3n) is 5.86. The summed E-state index contributed by atoms with van der Waals surface area (Å²) in [5, 5.41) is 12.4. The highest BCUT2D eigenvalue weighted by atomic mass is 16.7. The summed E-state index contributed by atoms with van der Waals surface area (Å²) in [7, 11) is 0. The molecule has 1 saturated heterocycles. The summed E-state index contributed by atoms with van der Waals surface area (Å²) in [4.78, 5) is 0. The lowest BCUT2D eigenvalue weighted by molar-refractivity contribution is -0.239. The first-order chi connectivity index (χ1) is 11.3. The monoisotopic (exact) mass is 308 g/mol. The van der Waals surface area contributed by atoms with Gasteiger partial charge in [0.25, 0.3) is 0 Å². The molecule has 118 valence electrons. The number of allylic oxidation sites excluding steroid dienone is 2. The highest BCUT2D eigenvalue weighted by Gasteiger charge is 2.51. The third kappa shape index (κ3) is 1.97. The van der Waals surface area contributed by atoms with E-state index in [1.54, 1.807) is 6.07 Å². The van der Waals surface area contributed by atoms with E-state index >= 15 is 0 Å². The van der Waals surface area contributed by atoms with Gasteiger partial charge in [-0.2, -0.15) is 0 Å². The maximum Gasteiger partial charge on any atom is 0.188 e. The van der Waals surface area contributed by atoms with Crippen LogP contribution in [0.3, 0.4) is 0 Å². The summed E-state index contributed by atoms with van der Waals surface area (Å²) in [6, 6.07) is 11.7. The van der Waals surface area contributed by atoms with Crippen molar-refractivity contribution < 1.29 is 14.6 Å². The highest BCUT2D eigenvalue weighted by Crippen LogP contribution is 2.55. The standard InChI is InChI=1S/C20H20O3/c21-17-8-6-14-3-1-2-4-16(14)18(17)19-22-11-20(12-23-19)10-13-5-7-15(20)9-13/h1-8,13,15,19,21H,9-12H2. The van der Waals surface area contributed by atoms with Crippen LogP contribution in [0.25, 0.3) is 10.8 Å². The van der Waals surface area contributed by atoms with E-state index in [9.17, 15) is 5.11 Å². The predicted molar refractivity (Wildman–Crippen MR) is 88.0 cm³/mol. The highest BCUT2D eigenvalue weighted by molar-refractivity contribution is 5.87. The molecule has 2 fully saturated rings. The SMILES string of the molecule is Oc1ccc2ccccc2c1C1OCC2(CO1)CC1C=CC2C1. The lowest BCUT2D eigenvalue weighted by Crippen LogP contribution is -2.41. The molecule has 1 saturated carbocycles. The Balaban J connectivity index is 1.46. The second kappa shape index (κ2) is 4.83. The van der Waals surface area contributed by atoms with Gasteiger partial charge in [-0.25, -0.2) is 0 Å². The number of benzene rings is 2. The van der Waals surface area contributed by atoms with E-state index in [1.807, 2.05) is 30.3 Å². The van der Waals surface area contributed by atoms with Crippen LogP contribution in [0.15, 0.2) is 48.6 Å². The van der Waals surface area contributed by atoms with Gasteiger partial charge in [0.05, 0.1) is 18.8 Å². The van der Waals surface area contributed by atoms with Crippen LogP contribution in [0.5, 0.6) is 5.75 Å². The Bertz CT molecular complexity index is 787. The van der Waals surface area contributed by atoms with Gasteiger partial charge in [-0.3, -0.25) is 0 Å². The number of phenolic OH excluding ortho intramolecular Hbond substituents is 1. The number of fused-ring (bicyclic) bond motifs is 4. The van der Waals surface area contributed by atoms with Crippen molar-refractivity contribution in [2.45, 2.75) is 19.1 Å². The van der Waals surface area contributed by atoms with Crippen LogP contribution in [-0.4, -0.2) is 18.3 Å². The van der Waals surface area contributed by atoms with E-state index < -0.39 is 6.29 Å². The summed E-state index contributed by atoms with van der Waals surface area (Å²) >= 11 is 0. The number of aromatic hydroxyl groups is 1. The van der Waals surface area contributed by atoms with Gasteiger partial charge in [0.15, 0.2) is 6.29 Å². The largest absolute Gasteiger partial charge is 0.507 e. The van der Waals surface area contributed by atoms with Crippen LogP contribution in [-0.2, 0) is 9.47 Å². The Hall–Kier alpha value is -1.84. The van der Waals surface area contributed by atoms with Gasteiger partial charge in [0.1, 0.15) is 5.75 Å². The van der Waals surface area contributed by atoms with Crippen molar-refractivity contribution in [1.29, 1.82) is 0 Å². The molecular weight excluding hydrogens is 288 g/mol. The Morgan fingerprint density at radius 1 is 1.00 bits per heavy atom. The molecule has 5 rings (SSSR count). The predicted octanol–water partition coefficient (Wildman–Crippen LogP) is 4.17. The van der Waals surface area contributed by atoms with E-state index in [0.717, 1.165) is 16.3 Å². The fourth-order valence-corrected chi connectivity index (χ4v) is 4.66. The maximum absolute atomic E-state index is 10.4. The molecule has 2 aliphatic carbocycles. The fraction of sp³-hybridized carbons (Fsp3) is 0.400. The van der Waals surface area contributed by atoms with E-state index in [4.69, 9.17) is 9.47 Å². The molecule has 3 heteroatoms. The molecule has 2 aromatic carbocycles. The van der Waals surface area contributed by atoms with Crippen LogP contribution < -0.4 is 0 Å². The molecule has 2 bridgehead atoms. The van der Waals surface area contributed by atoms with E-state index in [-0.39, 0.29) is 11.2 Å². The second-order valence-corrected chi connectivity index (χ2v) is 7.23. The fourth-order valence-electron chi connectivity index (χ4n) is 4.66. The molecule has 2 aromatic rings. The molecule has 0 radical (unpaired) electrons. The van der Waals surface area contributed by atoms with Gasteiger partial charge >= 0.3 is 0 Å². The van der Waals surface area contributed by atoms with Gasteiger partial charge in [0, 0.05) is 5.41 Å². The Labute approximate surface area is 135 Å². The van der Waals surface area contributed by atoms with Crippen LogP contribution >= 0.6 is 0 Å². The molecule has 3 nitrogen and oxygen atoms in total. The third-order valence-corrected chi connectivity index (χ3v) is 5.86. The van der Waals surface area contributed by atoms with Crippen molar-refractivity contribution in [3.05, 3.63) is 54.1 Å². The van der Waals surface area contributed by atoms with Gasteiger partial charge in [-0.1, -0.05) is 42.5 Å². The molecule has 3 aliphatic rings. The summed E-state index contributed by atoms with van der Waals surface area (Å²) in [6.45, 7) is 1.43. The van der Waals surface area contributed by atoms with Gasteiger partial charge < -0.3 is 14.6 Å². The van der Waals surface area contributed by atoms with Gasteiger partial charge in [-0.15, -0.1) is 0 Å². The first-order valence-corrected chi connectivity index (χ1v) is 8.37. The molecule has 1 heterocycles. The van der Waals surface area contributed by atoms with Gasteiger partial charge in [-0.05, 0) is 41.5 Å². The number of ether oxygens (including phenoxy) is 2. The Morgan fingerprint density at radius 3 is 2.57 bits per heavy atom. The van der Waals surface area contributed by atoms with Crippen molar-refractivity contribution in [2.75, 3.05) is 13.2 Å². The minimum absolute atomic E-state index is 0.149. The Kier molecular flexibility index (Phi) is 2.85. The van der Waals surface area contributed by atoms with Crippen LogP contribution in [0.4, 0.5) is 0 Å². The number of hydrogen-bond acceptors (Lipinski definition) is 3. The summed E-state index contributed by atoms with van der Waals surface area (Å²) in [6.07, 6.45) is 6.63. The zero-order valence-corrected chi connectivity index (χ0v) is 12.9. The molecule has 23 heavy (non-hydrogen) atoms. The van der Waals surface area contributed by atoms with Crippen LogP contribution in [0.1, 0.15) is 24.7 Å². The lowest BCUT2D eigenvalue weighted by atomic mass is 9.76. The summed E-state index contributed by atoms with van der Waals surface area (Å²) in [5.74, 6) is 1.54. The first-order valence-electron chi connectivity index (χ1n) is 8.37. The topological polar surface area (TPSA) is 38.7 Å². The zero-order chi connectivity index (χ0) is 15.4. The van der Waals surface area contributed by atoms with Crippen molar-refractivity contribution in [3.63, 3.8) is 0 Å². The lowest BCUT2D eigenvalue weighted by Gasteiger charge is -2.41. The molecular formula is C20H20O3. The summed E-state index contributed by atoms with van der Waals surface area (Å²) in [5.41, 5.74) is 0.910. The molecule has 2 atom stereocenters. The smallest absolute Gasteiger partial charge is 0.188 e. The van der Waals surface area contributed by atoms with E-state index in [1.165, 1.54) is 12.8 Å². The van der Waals surface area contributed by atoms with Gasteiger partial charge in [0.2, 0.25) is 0 Å². The zero-order valence-electron chi connectivity index (χ0n) is 12.9. The quantitative estimate of drug-likeness (QED) is 0.804. The van der Waals surface area contributed by atoms with Crippen molar-refractivity contribution >= 4 is 10.8 Å². The minimum Gasteiger partial charge on any atom is -0.507 e. The van der Waals surface area contributed by atoms with E-state index in [2.05, 4.69) is 12.2 Å². The van der Waals surface area contributed by atoms with Crippen molar-refractivity contribution in [2.24, 2.45) is 17.3 Å². The number of phenols is 1. The number of hydrogen-bond donors (Lipinski definition) is 1. The molecule has 2 unspecified atom stereocenters. The molecule has 0 aromatic heterocycles. The second-order valence-electron chi connectivity index (χ2n) is 7.23.